The number of benzene rings is 8. The van der Waals surface area contributed by atoms with Crippen molar-refractivity contribution in [1.82, 2.24) is 0 Å². The first-order valence-corrected chi connectivity index (χ1v) is 17.8. The molecule has 0 aliphatic heterocycles. The molecular formula is C51H35N. The molecule has 1 heteroatoms. The van der Waals surface area contributed by atoms with Crippen LogP contribution in [-0.2, 0) is 5.41 Å². The van der Waals surface area contributed by atoms with E-state index < -0.39 is 5.41 Å². The first kappa shape index (κ1) is 31.1. The number of hydrogen-bond acceptors (Lipinski definition) is 1. The van der Waals surface area contributed by atoms with Crippen molar-refractivity contribution in [2.45, 2.75) is 5.41 Å². The predicted molar refractivity (Wildman–Crippen MR) is 217 cm³/mol. The summed E-state index contributed by atoms with van der Waals surface area (Å²) in [7, 11) is 0. The summed E-state index contributed by atoms with van der Waals surface area (Å²) < 4.78 is 0. The molecular weight excluding hydrogens is 627 g/mol. The van der Waals surface area contributed by atoms with Gasteiger partial charge in [0.2, 0.25) is 0 Å². The molecule has 0 saturated carbocycles. The van der Waals surface area contributed by atoms with Gasteiger partial charge in [0.15, 0.2) is 0 Å². The maximum atomic E-state index is 3.91. The van der Waals surface area contributed by atoms with Crippen molar-refractivity contribution in [3.8, 4) is 45.2 Å². The lowest BCUT2D eigenvalue weighted by Crippen LogP contribution is -2.25. The highest BCUT2D eigenvalue weighted by Crippen LogP contribution is 2.54. The summed E-state index contributed by atoms with van der Waals surface area (Å²) >= 11 is 0. The summed E-state index contributed by atoms with van der Waals surface area (Å²) in [6.45, 7) is 0. The number of rotatable bonds is 6. The van der Waals surface area contributed by atoms with E-state index in [-0.39, 0.29) is 0 Å². The van der Waals surface area contributed by atoms with Gasteiger partial charge in [0.25, 0.3) is 0 Å². The Morgan fingerprint density at radius 1 is 0.346 bits per heavy atom. The second-order valence-electron chi connectivity index (χ2n) is 13.2. The molecule has 8 aromatic carbocycles. The van der Waals surface area contributed by atoms with E-state index in [2.05, 4.69) is 229 Å². The minimum atomic E-state index is -0.678. The molecule has 1 aliphatic rings. The third-order valence-electron chi connectivity index (χ3n) is 10.1. The quantitative estimate of drug-likeness (QED) is 0.160. The summed E-state index contributed by atoms with van der Waals surface area (Å²) in [6.07, 6.45) is 0. The van der Waals surface area contributed by atoms with Gasteiger partial charge >= 0.3 is 0 Å². The Balaban J connectivity index is 1.23. The van der Waals surface area contributed by atoms with Crippen LogP contribution in [-0.4, -0.2) is 0 Å². The summed E-state index contributed by atoms with van der Waals surface area (Å²) in [4.78, 5) is 2.33. The predicted octanol–water partition coefficient (Wildman–Crippen LogP) is 12.9. The van der Waals surface area contributed by atoms with E-state index in [9.17, 15) is 0 Å². The molecule has 0 fully saturated rings. The van der Waals surface area contributed by atoms with Crippen LogP contribution in [0.4, 0.5) is 17.1 Å². The highest BCUT2D eigenvalue weighted by molar-refractivity contribution is 5.90. The van der Waals surface area contributed by atoms with Crippen molar-refractivity contribution >= 4 is 17.1 Å². The number of para-hydroxylation sites is 2. The summed E-state index contributed by atoms with van der Waals surface area (Å²) in [5, 5.41) is 0. The van der Waals surface area contributed by atoms with Crippen molar-refractivity contribution < 1.29 is 0 Å². The second kappa shape index (κ2) is 13.4. The topological polar surface area (TPSA) is 3.24 Å². The zero-order valence-electron chi connectivity index (χ0n) is 28.7. The Kier molecular flexibility index (Phi) is 8.05. The fourth-order valence-electron chi connectivity index (χ4n) is 7.62. The standard InChI is InChI=1S/C51H35N/c1-5-15-39(16-6-1)41-27-25-38(26-28-41)35-36-51(43-31-29-42(30-32-43)40-17-7-2-8-18-40)49-24-14-13-23-47(49)48-37-46(33-34-50(48)51)52(44-19-9-3-10-20-44)45-21-11-4-12-22-45/h1-34,37H. The fourth-order valence-corrected chi connectivity index (χ4v) is 7.62. The molecule has 9 rings (SSSR count). The lowest BCUT2D eigenvalue weighted by atomic mass is 9.72. The molecule has 0 heterocycles. The Labute approximate surface area is 306 Å². The van der Waals surface area contributed by atoms with Crippen LogP contribution < -0.4 is 4.90 Å². The third-order valence-corrected chi connectivity index (χ3v) is 10.1. The van der Waals surface area contributed by atoms with Gasteiger partial charge in [-0.15, -0.1) is 0 Å². The SMILES string of the molecule is C(#CC1(c2ccc(-c3ccccc3)cc2)c2ccccc2-c2cc(N(c3ccccc3)c3ccccc3)ccc21)c1ccc(-c2ccccc2)cc1. The third kappa shape index (κ3) is 5.58. The van der Waals surface area contributed by atoms with Crippen LogP contribution in [0.3, 0.4) is 0 Å². The van der Waals surface area contributed by atoms with Crippen LogP contribution in [0, 0.1) is 11.8 Å². The average molecular weight is 662 g/mol. The lowest BCUT2D eigenvalue weighted by Gasteiger charge is -2.29. The highest BCUT2D eigenvalue weighted by atomic mass is 15.1. The maximum absolute atomic E-state index is 3.91. The highest BCUT2D eigenvalue weighted by Gasteiger charge is 2.44. The van der Waals surface area contributed by atoms with Crippen LogP contribution in [0.15, 0.2) is 212 Å². The summed E-state index contributed by atoms with van der Waals surface area (Å²) in [5.74, 6) is 7.57. The van der Waals surface area contributed by atoms with Crippen molar-refractivity contribution in [3.05, 3.63) is 235 Å². The molecule has 52 heavy (non-hydrogen) atoms. The molecule has 0 amide bonds. The van der Waals surface area contributed by atoms with E-state index in [4.69, 9.17) is 0 Å². The first-order chi connectivity index (χ1) is 25.8. The van der Waals surface area contributed by atoms with Crippen LogP contribution in [0.25, 0.3) is 33.4 Å². The summed E-state index contributed by atoms with van der Waals surface area (Å²) in [5.41, 5.74) is 14.4. The van der Waals surface area contributed by atoms with Crippen LogP contribution in [0.2, 0.25) is 0 Å². The van der Waals surface area contributed by atoms with E-state index in [0.717, 1.165) is 28.2 Å². The summed E-state index contributed by atoms with van der Waals surface area (Å²) in [6, 6.07) is 75.6. The van der Waals surface area contributed by atoms with E-state index in [0.29, 0.717) is 0 Å². The monoisotopic (exact) mass is 661 g/mol. The molecule has 0 spiro atoms. The molecule has 0 aromatic heterocycles. The minimum Gasteiger partial charge on any atom is -0.310 e. The van der Waals surface area contributed by atoms with Gasteiger partial charge in [0.05, 0.1) is 0 Å². The normalized spacial score (nSPS) is 14.1. The second-order valence-corrected chi connectivity index (χ2v) is 13.2. The smallest absolute Gasteiger partial charge is 0.108 e. The Morgan fingerprint density at radius 2 is 0.808 bits per heavy atom. The Hall–Kier alpha value is -6.88. The van der Waals surface area contributed by atoms with Crippen LogP contribution in [0.5, 0.6) is 0 Å². The largest absolute Gasteiger partial charge is 0.310 e. The van der Waals surface area contributed by atoms with Gasteiger partial charge in [0.1, 0.15) is 5.41 Å². The lowest BCUT2D eigenvalue weighted by molar-refractivity contribution is 0.837. The van der Waals surface area contributed by atoms with Crippen molar-refractivity contribution in [1.29, 1.82) is 0 Å². The molecule has 1 aliphatic carbocycles. The van der Waals surface area contributed by atoms with E-state index in [1.807, 2.05) is 0 Å². The van der Waals surface area contributed by atoms with Gasteiger partial charge in [-0.3, -0.25) is 0 Å². The van der Waals surface area contributed by atoms with Gasteiger partial charge in [-0.2, -0.15) is 0 Å². The molecule has 1 atom stereocenters. The van der Waals surface area contributed by atoms with Crippen LogP contribution >= 0.6 is 0 Å². The molecule has 244 valence electrons. The zero-order chi connectivity index (χ0) is 34.7. The van der Waals surface area contributed by atoms with Crippen molar-refractivity contribution in [3.63, 3.8) is 0 Å². The van der Waals surface area contributed by atoms with Crippen LogP contribution in [0.1, 0.15) is 22.3 Å². The van der Waals surface area contributed by atoms with Crippen molar-refractivity contribution in [2.24, 2.45) is 0 Å². The van der Waals surface area contributed by atoms with Gasteiger partial charge in [-0.1, -0.05) is 176 Å². The minimum absolute atomic E-state index is 0.678. The van der Waals surface area contributed by atoms with Gasteiger partial charge < -0.3 is 4.90 Å². The number of fused-ring (bicyclic) bond motifs is 3. The molecule has 8 aromatic rings. The van der Waals surface area contributed by atoms with Crippen molar-refractivity contribution in [2.75, 3.05) is 4.90 Å². The fraction of sp³-hybridized carbons (Fsp3) is 0.0196. The molecule has 1 unspecified atom stereocenters. The molecule has 1 nitrogen and oxygen atoms in total. The Morgan fingerprint density at radius 3 is 1.38 bits per heavy atom. The Bertz CT molecular complexity index is 2490. The molecule has 0 bridgehead atoms. The first-order valence-electron chi connectivity index (χ1n) is 17.8. The number of nitrogens with zero attached hydrogens (tertiary/aromatic N) is 1. The molecule has 0 saturated heterocycles. The number of anilines is 3. The van der Waals surface area contributed by atoms with E-state index >= 15 is 0 Å². The number of hydrogen-bond donors (Lipinski definition) is 0. The van der Waals surface area contributed by atoms with Gasteiger partial charge in [-0.25, -0.2) is 0 Å². The zero-order valence-corrected chi connectivity index (χ0v) is 28.7. The van der Waals surface area contributed by atoms with E-state index in [1.165, 1.54) is 44.5 Å². The van der Waals surface area contributed by atoms with Gasteiger partial charge in [-0.05, 0) is 98.6 Å². The average Bonchev–Trinajstić information content (AvgIpc) is 3.51. The van der Waals surface area contributed by atoms with E-state index in [1.54, 1.807) is 0 Å². The maximum Gasteiger partial charge on any atom is 0.108 e. The molecule has 0 radical (unpaired) electrons. The van der Waals surface area contributed by atoms with Gasteiger partial charge in [0, 0.05) is 22.6 Å². The molecule has 0 N–H and O–H groups in total.